The van der Waals surface area contributed by atoms with Gasteiger partial charge in [0.1, 0.15) is 17.7 Å². The topological polar surface area (TPSA) is 79.0 Å². The molecule has 1 amide bonds. The van der Waals surface area contributed by atoms with Crippen LogP contribution in [0, 0.1) is 17.0 Å². The summed E-state index contributed by atoms with van der Waals surface area (Å²) < 4.78 is 65.0. The summed E-state index contributed by atoms with van der Waals surface area (Å²) in [6.07, 6.45) is 1.70. The largest absolute Gasteiger partial charge is 0.368 e. The van der Waals surface area contributed by atoms with Crippen LogP contribution in [-0.4, -0.2) is 69.0 Å². The molecule has 188 valence electrons. The summed E-state index contributed by atoms with van der Waals surface area (Å²) in [6.45, 7) is 0.904. The molecule has 1 spiro atoms. The van der Waals surface area contributed by atoms with Crippen molar-refractivity contribution >= 4 is 16.1 Å². The van der Waals surface area contributed by atoms with Gasteiger partial charge in [-0.25, -0.2) is 8.78 Å². The fourth-order valence-corrected chi connectivity index (χ4v) is 6.12. The van der Waals surface area contributed by atoms with E-state index in [1.165, 1.54) is 32.3 Å². The smallest absolute Gasteiger partial charge is 0.279 e. The van der Waals surface area contributed by atoms with E-state index in [0.717, 1.165) is 17.1 Å². The Kier molecular flexibility index (Phi) is 6.19. The first kappa shape index (κ1) is 24.3. The van der Waals surface area contributed by atoms with E-state index < -0.39 is 40.0 Å². The van der Waals surface area contributed by atoms with Gasteiger partial charge in [-0.15, -0.1) is 0 Å². The zero-order chi connectivity index (χ0) is 25.0. The zero-order valence-corrected chi connectivity index (χ0v) is 20.5. The molecule has 3 aliphatic rings. The lowest BCUT2D eigenvalue weighted by Gasteiger charge is -2.34. The molecule has 2 aliphatic heterocycles. The Balaban J connectivity index is 1.52. The summed E-state index contributed by atoms with van der Waals surface area (Å²) in [7, 11) is -0.917. The molecule has 5 rings (SSSR count). The van der Waals surface area contributed by atoms with Crippen LogP contribution in [0.2, 0.25) is 0 Å². The Labute approximate surface area is 204 Å². The van der Waals surface area contributed by atoms with Gasteiger partial charge in [-0.1, -0.05) is 36.4 Å². The molecule has 7 nitrogen and oxygen atoms in total. The van der Waals surface area contributed by atoms with E-state index in [-0.39, 0.29) is 28.9 Å². The highest BCUT2D eigenvalue weighted by molar-refractivity contribution is 7.87. The van der Waals surface area contributed by atoms with Crippen molar-refractivity contribution in [1.82, 2.24) is 13.9 Å². The first-order valence-corrected chi connectivity index (χ1v) is 13.2. The highest BCUT2D eigenvalue weighted by Crippen LogP contribution is 2.56. The van der Waals surface area contributed by atoms with Gasteiger partial charge in [0.25, 0.3) is 16.1 Å². The van der Waals surface area contributed by atoms with Crippen LogP contribution >= 0.6 is 0 Å². The van der Waals surface area contributed by atoms with Gasteiger partial charge in [0.2, 0.25) is 0 Å². The molecule has 2 aromatic rings. The van der Waals surface area contributed by atoms with Crippen molar-refractivity contribution in [1.29, 1.82) is 0 Å². The zero-order valence-electron chi connectivity index (χ0n) is 19.7. The third-order valence-corrected chi connectivity index (χ3v) is 9.02. The molecule has 3 atom stereocenters. The minimum atomic E-state index is -3.79. The van der Waals surface area contributed by atoms with Gasteiger partial charge < -0.3 is 9.64 Å². The van der Waals surface area contributed by atoms with Gasteiger partial charge >= 0.3 is 0 Å². The summed E-state index contributed by atoms with van der Waals surface area (Å²) in [5.74, 6) is -1.29. The number of hydrogen-bond donors (Lipinski definition) is 1. The van der Waals surface area contributed by atoms with Gasteiger partial charge in [-0.3, -0.25) is 4.79 Å². The maximum absolute atomic E-state index is 15.7. The van der Waals surface area contributed by atoms with Crippen molar-refractivity contribution in [3.05, 3.63) is 59.7 Å². The van der Waals surface area contributed by atoms with Crippen LogP contribution in [0.1, 0.15) is 24.8 Å². The summed E-state index contributed by atoms with van der Waals surface area (Å²) in [5.41, 5.74) is 0.199. The second-order valence-corrected chi connectivity index (χ2v) is 11.8. The fraction of sp³-hybridized carbons (Fsp3) is 0.480. The maximum atomic E-state index is 15.7. The molecule has 10 heteroatoms. The quantitative estimate of drug-likeness (QED) is 0.628. The summed E-state index contributed by atoms with van der Waals surface area (Å²) >= 11 is 0. The standard InChI is InChI=1S/C25H29F2N3O4S/c1-29(2)35(32,33)28-23-20(30(15-25(23)11-12-25)24(31)21-10-13-34-21)14-16-6-5-8-18(22(16)27)17-7-3-4-9-19(17)26/h3-9,20-21,23,28H,10-15H2,1-2H3/t20-,21?,23+/m0/s1. The Hall–Kier alpha value is -2.40. The lowest BCUT2D eigenvalue weighted by Crippen LogP contribution is -2.54. The second kappa shape index (κ2) is 8.92. The van der Waals surface area contributed by atoms with Gasteiger partial charge in [0, 0.05) is 43.6 Å². The van der Waals surface area contributed by atoms with Gasteiger partial charge in [0.05, 0.1) is 18.7 Å². The molecule has 1 aliphatic carbocycles. The van der Waals surface area contributed by atoms with Gasteiger partial charge in [0.15, 0.2) is 0 Å². The van der Waals surface area contributed by atoms with Crippen LogP contribution in [0.5, 0.6) is 0 Å². The summed E-state index contributed by atoms with van der Waals surface area (Å²) in [5, 5.41) is 0. The van der Waals surface area contributed by atoms with E-state index >= 15 is 4.39 Å². The number of amides is 1. The second-order valence-electron chi connectivity index (χ2n) is 9.89. The molecule has 1 N–H and O–H groups in total. The number of hydrogen-bond acceptors (Lipinski definition) is 4. The number of nitrogens with one attached hydrogen (secondary N) is 1. The number of benzene rings is 2. The van der Waals surface area contributed by atoms with E-state index in [1.807, 2.05) is 0 Å². The average Bonchev–Trinajstić information content (AvgIpc) is 3.49. The molecule has 3 fully saturated rings. The average molecular weight is 506 g/mol. The molecule has 0 aromatic heterocycles. The Morgan fingerprint density at radius 2 is 1.83 bits per heavy atom. The van der Waals surface area contributed by atoms with Crippen molar-refractivity contribution in [3.63, 3.8) is 0 Å². The van der Waals surface area contributed by atoms with Crippen LogP contribution in [0.3, 0.4) is 0 Å². The van der Waals surface area contributed by atoms with Crippen molar-refractivity contribution in [3.8, 4) is 11.1 Å². The predicted molar refractivity (Wildman–Crippen MR) is 127 cm³/mol. The van der Waals surface area contributed by atoms with E-state index in [2.05, 4.69) is 4.72 Å². The third kappa shape index (κ3) is 4.37. The van der Waals surface area contributed by atoms with Gasteiger partial charge in [-0.2, -0.15) is 17.4 Å². The van der Waals surface area contributed by atoms with Crippen LogP contribution in [0.25, 0.3) is 11.1 Å². The molecule has 35 heavy (non-hydrogen) atoms. The molecule has 1 unspecified atom stereocenters. The molecule has 0 bridgehead atoms. The minimum Gasteiger partial charge on any atom is -0.368 e. The molecule has 2 heterocycles. The normalized spacial score (nSPS) is 25.2. The number of nitrogens with zero attached hydrogens (tertiary/aromatic N) is 2. The Morgan fingerprint density at radius 1 is 1.14 bits per heavy atom. The van der Waals surface area contributed by atoms with Crippen LogP contribution in [0.4, 0.5) is 8.78 Å². The van der Waals surface area contributed by atoms with Crippen LogP contribution in [0.15, 0.2) is 42.5 Å². The lowest BCUT2D eigenvalue weighted by atomic mass is 9.91. The third-order valence-electron chi connectivity index (χ3n) is 7.51. The van der Waals surface area contributed by atoms with Crippen molar-refractivity contribution in [2.75, 3.05) is 27.2 Å². The number of carbonyl (C=O) groups is 1. The van der Waals surface area contributed by atoms with Gasteiger partial charge in [-0.05, 0) is 30.9 Å². The van der Waals surface area contributed by atoms with Crippen LogP contribution in [-0.2, 0) is 26.2 Å². The lowest BCUT2D eigenvalue weighted by molar-refractivity contribution is -0.157. The molecular formula is C25H29F2N3O4S. The monoisotopic (exact) mass is 505 g/mol. The van der Waals surface area contributed by atoms with E-state index in [9.17, 15) is 17.6 Å². The highest BCUT2D eigenvalue weighted by atomic mass is 32.2. The van der Waals surface area contributed by atoms with Crippen molar-refractivity contribution in [2.45, 2.75) is 43.9 Å². The van der Waals surface area contributed by atoms with Crippen LogP contribution < -0.4 is 4.72 Å². The number of halogens is 2. The highest BCUT2D eigenvalue weighted by Gasteiger charge is 2.62. The Morgan fingerprint density at radius 3 is 2.43 bits per heavy atom. The molecular weight excluding hydrogens is 476 g/mol. The maximum Gasteiger partial charge on any atom is 0.279 e. The fourth-order valence-electron chi connectivity index (χ4n) is 5.18. The first-order chi connectivity index (χ1) is 16.6. The molecule has 0 radical (unpaired) electrons. The predicted octanol–water partition coefficient (Wildman–Crippen LogP) is 2.72. The SMILES string of the molecule is CN(C)S(=O)(=O)N[C@@H]1[C@H](Cc2cccc(-c3ccccc3F)c2F)N(C(=O)C2CCO2)CC12CC2. The molecule has 1 saturated carbocycles. The number of carbonyl (C=O) groups excluding carboxylic acids is 1. The van der Waals surface area contributed by atoms with E-state index in [1.54, 1.807) is 29.2 Å². The summed E-state index contributed by atoms with van der Waals surface area (Å²) in [6, 6.07) is 9.59. The molecule has 2 aromatic carbocycles. The minimum absolute atomic E-state index is 0.0922. The summed E-state index contributed by atoms with van der Waals surface area (Å²) in [4.78, 5) is 15.0. The number of likely N-dealkylation sites (tertiary alicyclic amines) is 1. The number of rotatable bonds is 7. The van der Waals surface area contributed by atoms with Crippen molar-refractivity contribution < 1.29 is 26.7 Å². The Bertz CT molecular complexity index is 1250. The molecule has 2 saturated heterocycles. The number of ether oxygens (including phenoxy) is 1. The first-order valence-electron chi connectivity index (χ1n) is 11.8. The van der Waals surface area contributed by atoms with Crippen molar-refractivity contribution in [2.24, 2.45) is 5.41 Å². The van der Waals surface area contributed by atoms with E-state index in [4.69, 9.17) is 4.74 Å². The van der Waals surface area contributed by atoms with E-state index in [0.29, 0.717) is 25.1 Å².